The van der Waals surface area contributed by atoms with Crippen LogP contribution in [0.15, 0.2) is 55.1 Å². The molecule has 0 aliphatic heterocycles. The second-order valence-corrected chi connectivity index (χ2v) is 6.06. The van der Waals surface area contributed by atoms with Crippen LogP contribution in [0, 0.1) is 17.5 Å². The summed E-state index contributed by atoms with van der Waals surface area (Å²) >= 11 is 0. The molecule has 0 unspecified atom stereocenters. The van der Waals surface area contributed by atoms with Gasteiger partial charge in [0.25, 0.3) is 0 Å². The standard InChI is InChI=1S/C21H12F6O3/c1-2-7-29-13-9-16(22)18(17(23)10-13)20(28)30-12-4-5-14-11(8-12)3-6-15(19(14)24)21(25,26)27/h2-6,8-10H,1,7H2. The van der Waals surface area contributed by atoms with Crippen LogP contribution in [0.5, 0.6) is 11.5 Å². The van der Waals surface area contributed by atoms with Crippen molar-refractivity contribution in [2.75, 3.05) is 6.61 Å². The maximum atomic E-state index is 14.2. The summed E-state index contributed by atoms with van der Waals surface area (Å²) in [6.45, 7) is 3.38. The average Bonchev–Trinajstić information content (AvgIpc) is 2.65. The van der Waals surface area contributed by atoms with Gasteiger partial charge in [0.1, 0.15) is 41.1 Å². The van der Waals surface area contributed by atoms with E-state index in [1.807, 2.05) is 0 Å². The number of benzene rings is 3. The highest BCUT2D eigenvalue weighted by Crippen LogP contribution is 2.35. The second-order valence-electron chi connectivity index (χ2n) is 6.06. The molecule has 3 aromatic rings. The van der Waals surface area contributed by atoms with Crippen LogP contribution >= 0.6 is 0 Å². The lowest BCUT2D eigenvalue weighted by atomic mass is 10.1. The summed E-state index contributed by atoms with van der Waals surface area (Å²) in [5.41, 5.74) is -2.43. The van der Waals surface area contributed by atoms with Crippen molar-refractivity contribution < 1.29 is 40.6 Å². The quantitative estimate of drug-likeness (QED) is 0.215. The second kappa shape index (κ2) is 8.10. The number of halogens is 6. The fourth-order valence-corrected chi connectivity index (χ4v) is 2.69. The third-order valence-electron chi connectivity index (χ3n) is 4.03. The summed E-state index contributed by atoms with van der Waals surface area (Å²) in [6.07, 6.45) is -3.52. The van der Waals surface area contributed by atoms with Gasteiger partial charge in [-0.1, -0.05) is 18.7 Å². The molecule has 0 heterocycles. The molecule has 3 nitrogen and oxygen atoms in total. The first-order chi connectivity index (χ1) is 14.1. The summed E-state index contributed by atoms with van der Waals surface area (Å²) in [4.78, 5) is 12.2. The SMILES string of the molecule is C=CCOc1cc(F)c(C(=O)Oc2ccc3c(F)c(C(F)(F)F)ccc3c2)c(F)c1. The van der Waals surface area contributed by atoms with Gasteiger partial charge in [0.2, 0.25) is 0 Å². The van der Waals surface area contributed by atoms with E-state index in [2.05, 4.69) is 6.58 Å². The van der Waals surface area contributed by atoms with Crippen molar-refractivity contribution in [1.82, 2.24) is 0 Å². The molecule has 156 valence electrons. The Morgan fingerprint density at radius 1 is 0.967 bits per heavy atom. The Balaban J connectivity index is 1.89. The van der Waals surface area contributed by atoms with Crippen LogP contribution in [0.3, 0.4) is 0 Å². The normalized spacial score (nSPS) is 11.4. The van der Waals surface area contributed by atoms with Crippen molar-refractivity contribution in [3.63, 3.8) is 0 Å². The molecule has 0 radical (unpaired) electrons. The number of alkyl halides is 3. The van der Waals surface area contributed by atoms with Gasteiger partial charge in [0.05, 0.1) is 5.56 Å². The third kappa shape index (κ3) is 4.24. The van der Waals surface area contributed by atoms with Gasteiger partial charge < -0.3 is 9.47 Å². The molecule has 9 heteroatoms. The topological polar surface area (TPSA) is 35.5 Å². The highest BCUT2D eigenvalue weighted by molar-refractivity contribution is 5.93. The third-order valence-corrected chi connectivity index (χ3v) is 4.03. The zero-order chi connectivity index (χ0) is 22.1. The first-order valence-electron chi connectivity index (χ1n) is 8.36. The lowest BCUT2D eigenvalue weighted by Gasteiger charge is -2.11. The molecule has 0 saturated heterocycles. The smallest absolute Gasteiger partial charge is 0.419 e. The number of carbonyl (C=O) groups excluding carboxylic acids is 1. The predicted molar refractivity (Wildman–Crippen MR) is 95.9 cm³/mol. The van der Waals surface area contributed by atoms with Gasteiger partial charge >= 0.3 is 12.1 Å². The molecule has 0 atom stereocenters. The van der Waals surface area contributed by atoms with Gasteiger partial charge in [-0.2, -0.15) is 13.2 Å². The van der Waals surface area contributed by atoms with Crippen LogP contribution in [-0.2, 0) is 6.18 Å². The number of fused-ring (bicyclic) bond motifs is 1. The number of carbonyl (C=O) groups is 1. The van der Waals surface area contributed by atoms with E-state index in [0.29, 0.717) is 6.07 Å². The van der Waals surface area contributed by atoms with Crippen molar-refractivity contribution >= 4 is 16.7 Å². The molecule has 0 bridgehead atoms. The lowest BCUT2D eigenvalue weighted by Crippen LogP contribution is -2.13. The Morgan fingerprint density at radius 2 is 1.63 bits per heavy atom. The van der Waals surface area contributed by atoms with Gasteiger partial charge in [0, 0.05) is 17.5 Å². The molecule has 0 N–H and O–H groups in total. The number of hydrogen-bond acceptors (Lipinski definition) is 3. The van der Waals surface area contributed by atoms with E-state index in [1.54, 1.807) is 0 Å². The van der Waals surface area contributed by atoms with Gasteiger partial charge in [0.15, 0.2) is 0 Å². The van der Waals surface area contributed by atoms with Crippen molar-refractivity contribution in [3.8, 4) is 11.5 Å². The molecule has 3 aromatic carbocycles. The van der Waals surface area contributed by atoms with E-state index in [0.717, 1.165) is 36.4 Å². The molecule has 0 saturated carbocycles. The minimum atomic E-state index is -4.87. The van der Waals surface area contributed by atoms with E-state index in [4.69, 9.17) is 9.47 Å². The summed E-state index contributed by atoms with van der Waals surface area (Å²) in [5, 5.41) is -0.356. The largest absolute Gasteiger partial charge is 0.489 e. The summed E-state index contributed by atoms with van der Waals surface area (Å²) in [7, 11) is 0. The Bertz CT molecular complexity index is 1110. The minimum Gasteiger partial charge on any atom is -0.489 e. The molecule has 0 spiro atoms. The maximum absolute atomic E-state index is 14.2. The fraction of sp³-hybridized carbons (Fsp3) is 0.0952. The van der Waals surface area contributed by atoms with Crippen LogP contribution in [0.4, 0.5) is 26.3 Å². The monoisotopic (exact) mass is 426 g/mol. The lowest BCUT2D eigenvalue weighted by molar-refractivity contribution is -0.139. The summed E-state index contributed by atoms with van der Waals surface area (Å²) in [5.74, 6) is -5.74. The molecule has 0 fully saturated rings. The Morgan fingerprint density at radius 3 is 2.23 bits per heavy atom. The summed E-state index contributed by atoms with van der Waals surface area (Å²) in [6, 6.07) is 6.18. The van der Waals surface area contributed by atoms with Crippen molar-refractivity contribution in [2.24, 2.45) is 0 Å². The van der Waals surface area contributed by atoms with Gasteiger partial charge in [-0.25, -0.2) is 18.0 Å². The van der Waals surface area contributed by atoms with E-state index in [1.165, 1.54) is 6.08 Å². The van der Waals surface area contributed by atoms with E-state index < -0.39 is 40.7 Å². The zero-order valence-corrected chi connectivity index (χ0v) is 15.0. The maximum Gasteiger partial charge on any atom is 0.419 e. The average molecular weight is 426 g/mol. The molecule has 0 aromatic heterocycles. The van der Waals surface area contributed by atoms with Crippen LogP contribution in [0.1, 0.15) is 15.9 Å². The van der Waals surface area contributed by atoms with Crippen LogP contribution in [-0.4, -0.2) is 12.6 Å². The molecule has 30 heavy (non-hydrogen) atoms. The molecule has 0 amide bonds. The zero-order valence-electron chi connectivity index (χ0n) is 15.0. The molecule has 0 aliphatic rings. The molecular weight excluding hydrogens is 414 g/mol. The molecule has 0 aliphatic carbocycles. The first kappa shape index (κ1) is 21.2. The number of hydrogen-bond donors (Lipinski definition) is 0. The highest BCUT2D eigenvalue weighted by atomic mass is 19.4. The first-order valence-corrected chi connectivity index (χ1v) is 8.36. The Labute approximate surface area is 166 Å². The van der Waals surface area contributed by atoms with E-state index in [9.17, 15) is 31.1 Å². The van der Waals surface area contributed by atoms with Crippen molar-refractivity contribution in [2.45, 2.75) is 6.18 Å². The van der Waals surface area contributed by atoms with Crippen LogP contribution < -0.4 is 9.47 Å². The van der Waals surface area contributed by atoms with Gasteiger partial charge in [-0.3, -0.25) is 0 Å². The van der Waals surface area contributed by atoms with Crippen LogP contribution in [0.25, 0.3) is 10.8 Å². The number of esters is 1. The van der Waals surface area contributed by atoms with E-state index >= 15 is 0 Å². The minimum absolute atomic E-state index is 0.0000770. The fourth-order valence-electron chi connectivity index (χ4n) is 2.69. The summed E-state index contributed by atoms with van der Waals surface area (Å²) < 4.78 is 90.7. The van der Waals surface area contributed by atoms with Crippen molar-refractivity contribution in [1.29, 1.82) is 0 Å². The van der Waals surface area contributed by atoms with E-state index in [-0.39, 0.29) is 28.9 Å². The number of rotatable bonds is 5. The van der Waals surface area contributed by atoms with Crippen molar-refractivity contribution in [3.05, 3.63) is 83.7 Å². The molecule has 3 rings (SSSR count). The van der Waals surface area contributed by atoms with Gasteiger partial charge in [-0.15, -0.1) is 0 Å². The highest BCUT2D eigenvalue weighted by Gasteiger charge is 2.34. The predicted octanol–water partition coefficient (Wildman–Crippen LogP) is 6.06. The number of ether oxygens (including phenoxy) is 2. The Kier molecular flexibility index (Phi) is 5.73. The van der Waals surface area contributed by atoms with Gasteiger partial charge in [-0.05, 0) is 29.7 Å². The van der Waals surface area contributed by atoms with Crippen LogP contribution in [0.2, 0.25) is 0 Å². The Hall–Kier alpha value is -3.49. The molecular formula is C21H12F6O3.